The molecule has 2 fully saturated rings. The molecular weight excluding hydrogens is 474 g/mol. The Morgan fingerprint density at radius 3 is 2.34 bits per heavy atom. The molecule has 2 aromatic rings. The number of rotatable bonds is 8. The Morgan fingerprint density at radius 1 is 0.914 bits per heavy atom. The molecule has 2 saturated heterocycles. The van der Waals surface area contributed by atoms with Crippen molar-refractivity contribution in [2.45, 2.75) is 44.1 Å². The maximum Gasteiger partial charge on any atom is 0.324 e. The van der Waals surface area contributed by atoms with Gasteiger partial charge in [-0.05, 0) is 80.4 Å². The van der Waals surface area contributed by atoms with E-state index in [1.54, 1.807) is 18.2 Å². The molecule has 0 spiro atoms. The van der Waals surface area contributed by atoms with Gasteiger partial charge in [0.15, 0.2) is 0 Å². The molecule has 3 aliphatic heterocycles. The van der Waals surface area contributed by atoms with Crippen LogP contribution >= 0.6 is 12.4 Å². The summed E-state index contributed by atoms with van der Waals surface area (Å²) in [6.45, 7) is 3.42. The quantitative estimate of drug-likeness (QED) is 0.414. The predicted molar refractivity (Wildman–Crippen MR) is 133 cm³/mol. The number of fused-ring (bicyclic) bond motifs is 3. The zero-order valence-corrected chi connectivity index (χ0v) is 20.4. The summed E-state index contributed by atoms with van der Waals surface area (Å²) < 4.78 is 27.6. The number of anilines is 2. The molecule has 35 heavy (non-hydrogen) atoms. The number of nitrogens with one attached hydrogen (secondary N) is 1. The van der Waals surface area contributed by atoms with E-state index in [2.05, 4.69) is 15.1 Å². The molecule has 3 aliphatic rings. The zero-order valence-electron chi connectivity index (χ0n) is 19.6. The summed E-state index contributed by atoms with van der Waals surface area (Å²) in [6, 6.07) is 11.5. The number of likely N-dealkylation sites (tertiary alicyclic amines) is 1. The van der Waals surface area contributed by atoms with E-state index in [4.69, 9.17) is 0 Å². The molecular formula is C26H31ClF2N4O2. The fourth-order valence-corrected chi connectivity index (χ4v) is 5.62. The van der Waals surface area contributed by atoms with E-state index in [0.717, 1.165) is 68.7 Å². The Balaban J connectivity index is 0.00000289. The Morgan fingerprint density at radius 2 is 1.63 bits per heavy atom. The first-order valence-electron chi connectivity index (χ1n) is 12.2. The molecule has 2 aromatic carbocycles. The van der Waals surface area contributed by atoms with Crippen molar-refractivity contribution in [1.29, 1.82) is 0 Å². The van der Waals surface area contributed by atoms with Crippen molar-refractivity contribution in [3.63, 3.8) is 0 Å². The highest BCUT2D eigenvalue weighted by Gasteiger charge is 2.42. The second-order valence-electron chi connectivity index (χ2n) is 9.43. The molecule has 1 N–H and O–H groups in total. The average Bonchev–Trinajstić information content (AvgIpc) is 3.32. The maximum atomic E-state index is 14.1. The number of urea groups is 1. The smallest absolute Gasteiger partial charge is 0.324 e. The van der Waals surface area contributed by atoms with E-state index in [-0.39, 0.29) is 54.5 Å². The summed E-state index contributed by atoms with van der Waals surface area (Å²) in [6.07, 6.45) is 4.86. The molecule has 5 rings (SSSR count). The molecule has 0 bridgehead atoms. The highest BCUT2D eigenvalue weighted by atomic mass is 35.5. The fraction of sp³-hybridized carbons (Fsp3) is 0.462. The van der Waals surface area contributed by atoms with Crippen LogP contribution < -0.4 is 10.2 Å². The van der Waals surface area contributed by atoms with E-state index >= 15 is 0 Å². The van der Waals surface area contributed by atoms with E-state index in [0.29, 0.717) is 6.54 Å². The van der Waals surface area contributed by atoms with Gasteiger partial charge in [0.05, 0.1) is 12.6 Å². The number of carbonyl (C=O) groups is 2. The lowest BCUT2D eigenvalue weighted by Crippen LogP contribution is -2.47. The van der Waals surface area contributed by atoms with Gasteiger partial charge in [-0.2, -0.15) is 0 Å². The summed E-state index contributed by atoms with van der Waals surface area (Å²) in [7, 11) is 0. The van der Waals surface area contributed by atoms with Crippen LogP contribution in [0.4, 0.5) is 25.0 Å². The number of hydrogen-bond acceptors (Lipinski definition) is 4. The summed E-state index contributed by atoms with van der Waals surface area (Å²) in [5, 5.41) is 2.55. The predicted octanol–water partition coefficient (Wildman–Crippen LogP) is 4.81. The van der Waals surface area contributed by atoms with Crippen molar-refractivity contribution in [3.05, 3.63) is 59.7 Å². The van der Waals surface area contributed by atoms with Crippen molar-refractivity contribution >= 4 is 35.7 Å². The van der Waals surface area contributed by atoms with E-state index < -0.39 is 0 Å². The standard InChI is InChI=1S/C26H30F2N4O2.ClH/c27-18-5-8-20(9-6-18)32-23-10-7-19(28)15-22(23)21-11-14-30(17-24(21)32)12-3-1-2-4-13-31-25(33)16-29-26(31)34;/h5-10,15,21,24H,1-4,11-14,16-17H2,(H,29,34);1H. The van der Waals surface area contributed by atoms with Crippen LogP contribution in [-0.2, 0) is 4.79 Å². The normalized spacial score (nSPS) is 21.5. The second kappa shape index (κ2) is 10.9. The van der Waals surface area contributed by atoms with Crippen LogP contribution in [-0.4, -0.2) is 60.5 Å². The number of unbranched alkanes of at least 4 members (excludes halogenated alkanes) is 3. The first kappa shape index (κ1) is 25.4. The van der Waals surface area contributed by atoms with Crippen LogP contribution in [0.2, 0.25) is 0 Å². The van der Waals surface area contributed by atoms with Gasteiger partial charge in [-0.3, -0.25) is 9.69 Å². The monoisotopic (exact) mass is 504 g/mol. The Kier molecular flexibility index (Phi) is 7.91. The lowest BCUT2D eigenvalue weighted by molar-refractivity contribution is -0.125. The number of carbonyl (C=O) groups excluding carboxylic acids is 2. The first-order chi connectivity index (χ1) is 16.5. The van der Waals surface area contributed by atoms with Gasteiger partial charge in [0.2, 0.25) is 5.91 Å². The van der Waals surface area contributed by atoms with Gasteiger partial charge in [-0.25, -0.2) is 13.6 Å². The van der Waals surface area contributed by atoms with Gasteiger partial charge >= 0.3 is 6.03 Å². The number of piperidine rings is 1. The Hall–Kier alpha value is -2.71. The number of hydrogen-bond donors (Lipinski definition) is 1. The first-order valence-corrected chi connectivity index (χ1v) is 12.2. The molecule has 2 atom stereocenters. The molecule has 3 heterocycles. The zero-order chi connectivity index (χ0) is 23.7. The number of benzene rings is 2. The minimum atomic E-state index is -0.281. The number of imide groups is 1. The molecule has 0 saturated carbocycles. The second-order valence-corrected chi connectivity index (χ2v) is 9.43. The highest BCUT2D eigenvalue weighted by molar-refractivity contribution is 6.01. The third kappa shape index (κ3) is 5.28. The van der Waals surface area contributed by atoms with Crippen LogP contribution in [0.25, 0.3) is 0 Å². The molecule has 188 valence electrons. The SMILES string of the molecule is Cl.O=C1CNC(=O)N1CCCCCCN1CCC2c3cc(F)ccc3N(c3ccc(F)cc3)C2C1. The molecule has 2 unspecified atom stereocenters. The minimum Gasteiger partial charge on any atom is -0.336 e. The third-order valence-corrected chi connectivity index (χ3v) is 7.29. The Labute approximate surface area is 210 Å². The highest BCUT2D eigenvalue weighted by Crippen LogP contribution is 2.48. The molecule has 3 amide bonds. The molecule has 0 aliphatic carbocycles. The van der Waals surface area contributed by atoms with Crippen molar-refractivity contribution in [2.75, 3.05) is 37.6 Å². The summed E-state index contributed by atoms with van der Waals surface area (Å²) in [5.74, 6) is -0.361. The van der Waals surface area contributed by atoms with Gasteiger partial charge in [0.25, 0.3) is 0 Å². The van der Waals surface area contributed by atoms with E-state index in [1.165, 1.54) is 23.1 Å². The van der Waals surface area contributed by atoms with Gasteiger partial charge in [0, 0.05) is 30.4 Å². The van der Waals surface area contributed by atoms with Gasteiger partial charge in [-0.1, -0.05) is 12.8 Å². The number of nitrogens with zero attached hydrogens (tertiary/aromatic N) is 3. The van der Waals surface area contributed by atoms with Crippen LogP contribution in [0, 0.1) is 11.6 Å². The lowest BCUT2D eigenvalue weighted by atomic mass is 9.88. The van der Waals surface area contributed by atoms with E-state index in [1.807, 2.05) is 6.07 Å². The molecule has 0 aromatic heterocycles. The maximum absolute atomic E-state index is 14.1. The number of halogens is 3. The third-order valence-electron chi connectivity index (χ3n) is 7.29. The van der Waals surface area contributed by atoms with Crippen LogP contribution in [0.3, 0.4) is 0 Å². The van der Waals surface area contributed by atoms with E-state index in [9.17, 15) is 18.4 Å². The molecule has 0 radical (unpaired) electrons. The van der Waals surface area contributed by atoms with Crippen molar-refractivity contribution in [2.24, 2.45) is 0 Å². The van der Waals surface area contributed by atoms with Crippen molar-refractivity contribution < 1.29 is 18.4 Å². The molecule has 6 nitrogen and oxygen atoms in total. The van der Waals surface area contributed by atoms with Crippen molar-refractivity contribution in [3.8, 4) is 0 Å². The van der Waals surface area contributed by atoms with Gasteiger partial charge in [0.1, 0.15) is 11.6 Å². The van der Waals surface area contributed by atoms with Crippen LogP contribution in [0.1, 0.15) is 43.6 Å². The Bertz CT molecular complexity index is 1050. The average molecular weight is 505 g/mol. The lowest BCUT2D eigenvalue weighted by Gasteiger charge is -2.39. The number of amides is 3. The van der Waals surface area contributed by atoms with Gasteiger partial charge < -0.3 is 15.1 Å². The summed E-state index contributed by atoms with van der Waals surface area (Å²) >= 11 is 0. The van der Waals surface area contributed by atoms with Crippen molar-refractivity contribution in [1.82, 2.24) is 15.1 Å². The summed E-state index contributed by atoms with van der Waals surface area (Å²) in [5.41, 5.74) is 3.00. The van der Waals surface area contributed by atoms with Gasteiger partial charge in [-0.15, -0.1) is 12.4 Å². The van der Waals surface area contributed by atoms with Crippen LogP contribution in [0.15, 0.2) is 42.5 Å². The summed E-state index contributed by atoms with van der Waals surface area (Å²) in [4.78, 5) is 29.3. The fourth-order valence-electron chi connectivity index (χ4n) is 5.62. The van der Waals surface area contributed by atoms with Crippen LogP contribution in [0.5, 0.6) is 0 Å². The minimum absolute atomic E-state index is 0. The largest absolute Gasteiger partial charge is 0.336 e. The topological polar surface area (TPSA) is 55.9 Å². The molecule has 9 heteroatoms.